The van der Waals surface area contributed by atoms with Crippen LogP contribution in [0, 0.1) is 0 Å². The Hall–Kier alpha value is -1.50. The molecular formula is C9H11N4OS+. The minimum atomic E-state index is 0.417. The van der Waals surface area contributed by atoms with Crippen LogP contribution in [-0.2, 0) is 11.4 Å². The highest BCUT2D eigenvalue weighted by atomic mass is 32.1. The maximum Gasteiger partial charge on any atom is 0.148 e. The van der Waals surface area contributed by atoms with E-state index in [0.29, 0.717) is 12.4 Å². The van der Waals surface area contributed by atoms with Crippen LogP contribution in [-0.4, -0.2) is 9.97 Å². The van der Waals surface area contributed by atoms with E-state index >= 15 is 0 Å². The van der Waals surface area contributed by atoms with Gasteiger partial charge in [0.1, 0.15) is 17.4 Å². The lowest BCUT2D eigenvalue weighted by molar-refractivity contribution is -0.695. The van der Waals surface area contributed by atoms with E-state index in [2.05, 4.69) is 15.9 Å². The molecule has 2 rings (SSSR count). The van der Waals surface area contributed by atoms with E-state index in [1.165, 1.54) is 11.3 Å². The van der Waals surface area contributed by atoms with E-state index in [1.54, 1.807) is 6.20 Å². The van der Waals surface area contributed by atoms with Crippen molar-refractivity contribution < 1.29 is 10.7 Å². The zero-order valence-electron chi connectivity index (χ0n) is 8.01. The first-order chi connectivity index (χ1) is 7.29. The number of pyridine rings is 1. The largest absolute Gasteiger partial charge is 0.383 e. The van der Waals surface area contributed by atoms with Crippen molar-refractivity contribution in [2.45, 2.75) is 6.61 Å². The Morgan fingerprint density at radius 1 is 1.47 bits per heavy atom. The Morgan fingerprint density at radius 2 is 2.33 bits per heavy atom. The van der Waals surface area contributed by atoms with Crippen LogP contribution in [0.3, 0.4) is 0 Å². The molecule has 0 fully saturated rings. The van der Waals surface area contributed by atoms with Crippen LogP contribution < -0.4 is 11.6 Å². The van der Waals surface area contributed by atoms with E-state index < -0.39 is 0 Å². The summed E-state index contributed by atoms with van der Waals surface area (Å²) in [5.41, 5.74) is 7.35. The highest BCUT2D eigenvalue weighted by molar-refractivity contribution is 7.13. The SMILES string of the molecule is Nc1csc(-c2ccc(CO[NH3+])nc2)n1. The van der Waals surface area contributed by atoms with E-state index in [4.69, 9.17) is 10.6 Å². The van der Waals surface area contributed by atoms with Gasteiger partial charge in [-0.15, -0.1) is 11.3 Å². The molecule has 0 spiro atoms. The number of hydrogen-bond donors (Lipinski definition) is 2. The molecule has 0 aliphatic rings. The molecule has 0 bridgehead atoms. The first kappa shape index (κ1) is 10.0. The fraction of sp³-hybridized carbons (Fsp3) is 0.111. The first-order valence-electron chi connectivity index (χ1n) is 4.33. The van der Waals surface area contributed by atoms with Gasteiger partial charge in [-0.3, -0.25) is 4.98 Å². The van der Waals surface area contributed by atoms with Gasteiger partial charge in [0.25, 0.3) is 0 Å². The highest BCUT2D eigenvalue weighted by Gasteiger charge is 2.03. The number of anilines is 1. The van der Waals surface area contributed by atoms with Crippen LogP contribution >= 0.6 is 11.3 Å². The third-order valence-corrected chi connectivity index (χ3v) is 2.75. The Morgan fingerprint density at radius 3 is 2.87 bits per heavy atom. The van der Waals surface area contributed by atoms with Crippen molar-refractivity contribution in [1.82, 2.24) is 9.97 Å². The standard InChI is InChI=1S/C9H11N4OS/c10-8-5-15-9(13-8)6-1-2-7(4-14-11)12-3-6/h1-3,5H,4,10H2,11H3/q+1. The molecule has 0 aliphatic carbocycles. The monoisotopic (exact) mass is 223 g/mol. The van der Waals surface area contributed by atoms with Crippen LogP contribution in [0.25, 0.3) is 10.6 Å². The maximum atomic E-state index is 5.54. The molecule has 0 saturated heterocycles. The number of quaternary nitrogens is 1. The Balaban J connectivity index is 2.23. The number of nitrogens with zero attached hydrogens (tertiary/aromatic N) is 2. The van der Waals surface area contributed by atoms with Crippen molar-refractivity contribution in [2.24, 2.45) is 0 Å². The van der Waals surface area contributed by atoms with Gasteiger partial charge in [0, 0.05) is 17.1 Å². The molecule has 0 atom stereocenters. The number of aromatic nitrogens is 2. The molecule has 0 aliphatic heterocycles. The normalized spacial score (nSPS) is 10.5. The Labute approximate surface area is 90.7 Å². The minimum absolute atomic E-state index is 0.417. The van der Waals surface area contributed by atoms with Crippen molar-refractivity contribution in [3.05, 3.63) is 29.4 Å². The van der Waals surface area contributed by atoms with Crippen LogP contribution in [0.5, 0.6) is 0 Å². The van der Waals surface area contributed by atoms with Gasteiger partial charge in [0.05, 0.1) is 5.69 Å². The highest BCUT2D eigenvalue weighted by Crippen LogP contribution is 2.23. The summed E-state index contributed by atoms with van der Waals surface area (Å²) in [7, 11) is 0. The van der Waals surface area contributed by atoms with Crippen molar-refractivity contribution in [3.8, 4) is 10.6 Å². The van der Waals surface area contributed by atoms with E-state index in [-0.39, 0.29) is 0 Å². The van der Waals surface area contributed by atoms with Crippen molar-refractivity contribution in [1.29, 1.82) is 0 Å². The fourth-order valence-electron chi connectivity index (χ4n) is 1.16. The van der Waals surface area contributed by atoms with Crippen molar-refractivity contribution >= 4 is 17.2 Å². The summed E-state index contributed by atoms with van der Waals surface area (Å²) >= 11 is 1.50. The van der Waals surface area contributed by atoms with Gasteiger partial charge < -0.3 is 5.73 Å². The number of rotatable bonds is 3. The summed E-state index contributed by atoms with van der Waals surface area (Å²) < 4.78 is 0. The number of nitrogen functional groups attached to an aromatic ring is 1. The maximum absolute atomic E-state index is 5.54. The van der Waals surface area contributed by atoms with Crippen molar-refractivity contribution in [3.63, 3.8) is 0 Å². The second-order valence-corrected chi connectivity index (χ2v) is 3.82. The van der Waals surface area contributed by atoms with E-state index in [9.17, 15) is 0 Å². The molecule has 0 radical (unpaired) electrons. The van der Waals surface area contributed by atoms with Gasteiger partial charge >= 0.3 is 0 Å². The van der Waals surface area contributed by atoms with E-state index in [1.807, 2.05) is 17.5 Å². The van der Waals surface area contributed by atoms with Gasteiger partial charge in [-0.05, 0) is 12.1 Å². The molecule has 0 saturated carbocycles. The average molecular weight is 223 g/mol. The summed E-state index contributed by atoms with van der Waals surface area (Å²) in [6, 6.07) is 3.83. The van der Waals surface area contributed by atoms with E-state index in [0.717, 1.165) is 16.3 Å². The first-order valence-corrected chi connectivity index (χ1v) is 5.21. The molecule has 0 unspecified atom stereocenters. The molecular weight excluding hydrogens is 212 g/mol. The van der Waals surface area contributed by atoms with Gasteiger partial charge in [-0.25, -0.2) is 15.7 Å². The summed E-state index contributed by atoms with van der Waals surface area (Å²) in [4.78, 5) is 13.1. The molecule has 6 heteroatoms. The predicted molar refractivity (Wildman–Crippen MR) is 57.4 cm³/mol. The number of hydrogen-bond acceptors (Lipinski definition) is 5. The molecule has 5 N–H and O–H groups in total. The third kappa shape index (κ3) is 2.30. The molecule has 2 aromatic rings. The summed E-state index contributed by atoms with van der Waals surface area (Å²) in [5, 5.41) is 2.68. The van der Waals surface area contributed by atoms with Crippen LogP contribution in [0.4, 0.5) is 5.82 Å². The minimum Gasteiger partial charge on any atom is -0.383 e. The van der Waals surface area contributed by atoms with Gasteiger partial charge in [-0.2, -0.15) is 0 Å². The van der Waals surface area contributed by atoms with Crippen LogP contribution in [0.1, 0.15) is 5.69 Å². The number of nitrogens with two attached hydrogens (primary N) is 1. The second-order valence-electron chi connectivity index (χ2n) is 2.96. The molecule has 2 heterocycles. The van der Waals surface area contributed by atoms with Crippen molar-refractivity contribution in [2.75, 3.05) is 5.73 Å². The van der Waals surface area contributed by atoms with Gasteiger partial charge in [-0.1, -0.05) is 0 Å². The predicted octanol–water partition coefficient (Wildman–Crippen LogP) is 0.461. The Bertz CT molecular complexity index is 440. The summed E-state index contributed by atoms with van der Waals surface area (Å²) in [6.07, 6.45) is 1.76. The summed E-state index contributed by atoms with van der Waals surface area (Å²) in [6.45, 7) is 0.417. The zero-order chi connectivity index (χ0) is 10.7. The molecule has 5 nitrogen and oxygen atoms in total. The number of thiazole rings is 1. The lowest BCUT2D eigenvalue weighted by Gasteiger charge is -1.98. The molecule has 0 aromatic carbocycles. The zero-order valence-corrected chi connectivity index (χ0v) is 8.83. The second kappa shape index (κ2) is 4.35. The lowest BCUT2D eigenvalue weighted by atomic mass is 10.2. The lowest BCUT2D eigenvalue weighted by Crippen LogP contribution is -2.48. The average Bonchev–Trinajstić information content (AvgIpc) is 2.67. The molecule has 15 heavy (non-hydrogen) atoms. The third-order valence-electron chi connectivity index (χ3n) is 1.84. The quantitative estimate of drug-likeness (QED) is 0.740. The smallest absolute Gasteiger partial charge is 0.148 e. The fourth-order valence-corrected chi connectivity index (χ4v) is 1.86. The molecule has 2 aromatic heterocycles. The van der Waals surface area contributed by atoms with Crippen LogP contribution in [0.2, 0.25) is 0 Å². The van der Waals surface area contributed by atoms with Gasteiger partial charge in [0.2, 0.25) is 0 Å². The van der Waals surface area contributed by atoms with Crippen LogP contribution in [0.15, 0.2) is 23.7 Å². The molecule has 78 valence electrons. The Kier molecular flexibility index (Phi) is 2.91. The topological polar surface area (TPSA) is 88.7 Å². The van der Waals surface area contributed by atoms with Gasteiger partial charge in [0.15, 0.2) is 0 Å². The molecule has 0 amide bonds. The summed E-state index contributed by atoms with van der Waals surface area (Å²) in [5.74, 6) is 3.84.